The number of H-pyrrole nitrogens is 1. The molecule has 1 saturated carbocycles. The lowest BCUT2D eigenvalue weighted by Gasteiger charge is -2.27. The van der Waals surface area contributed by atoms with Gasteiger partial charge in [-0.05, 0) is 43.0 Å². The van der Waals surface area contributed by atoms with Gasteiger partial charge in [0.25, 0.3) is 0 Å². The van der Waals surface area contributed by atoms with Gasteiger partial charge in [0.15, 0.2) is 5.69 Å². The van der Waals surface area contributed by atoms with Gasteiger partial charge >= 0.3 is 6.18 Å². The fraction of sp³-hybridized carbons (Fsp3) is 0.263. The number of hydrogen-bond donors (Lipinski definition) is 1. The Bertz CT molecular complexity index is 1030. The number of pyridine rings is 1. The van der Waals surface area contributed by atoms with Crippen molar-refractivity contribution in [2.24, 2.45) is 0 Å². The predicted octanol–water partition coefficient (Wildman–Crippen LogP) is 4.36. The van der Waals surface area contributed by atoms with Crippen molar-refractivity contribution in [1.29, 1.82) is 5.26 Å². The Balaban J connectivity index is 1.75. The topological polar surface area (TPSA) is 87.5 Å². The number of aromatic nitrogens is 4. The van der Waals surface area contributed by atoms with Gasteiger partial charge in [-0.25, -0.2) is 5.10 Å². The minimum absolute atomic E-state index is 0.106. The molecule has 0 atom stereocenters. The van der Waals surface area contributed by atoms with E-state index in [-0.39, 0.29) is 11.8 Å². The van der Waals surface area contributed by atoms with E-state index >= 15 is 0 Å². The van der Waals surface area contributed by atoms with Gasteiger partial charge in [-0.1, -0.05) is 17.3 Å². The minimum atomic E-state index is -4.49. The maximum absolute atomic E-state index is 12.7. The lowest BCUT2D eigenvalue weighted by atomic mass is 9.95. The molecule has 2 heterocycles. The molecule has 9 heteroatoms. The lowest BCUT2D eigenvalue weighted by Crippen LogP contribution is -2.24. The predicted molar refractivity (Wildman–Crippen MR) is 93.0 cm³/mol. The molecule has 0 radical (unpaired) electrons. The van der Waals surface area contributed by atoms with Crippen molar-refractivity contribution in [2.45, 2.75) is 31.5 Å². The van der Waals surface area contributed by atoms with Crippen LogP contribution >= 0.6 is 0 Å². The second-order valence-electron chi connectivity index (χ2n) is 6.46. The van der Waals surface area contributed by atoms with Gasteiger partial charge in [-0.2, -0.15) is 18.4 Å². The third-order valence-corrected chi connectivity index (χ3v) is 4.63. The van der Waals surface area contributed by atoms with Gasteiger partial charge in [0, 0.05) is 17.3 Å². The molecule has 0 unspecified atom stereocenters. The number of hydrogen-bond acceptors (Lipinski definition) is 5. The first-order valence-electron chi connectivity index (χ1n) is 8.61. The van der Waals surface area contributed by atoms with Crippen LogP contribution in [0.5, 0.6) is 5.75 Å². The van der Waals surface area contributed by atoms with Crippen molar-refractivity contribution < 1.29 is 17.9 Å². The highest BCUT2D eigenvalue weighted by molar-refractivity contribution is 5.77. The summed E-state index contributed by atoms with van der Waals surface area (Å²) in [5, 5.41) is 19.5. The second kappa shape index (κ2) is 6.96. The number of benzene rings is 1. The van der Waals surface area contributed by atoms with Crippen LogP contribution in [0.25, 0.3) is 22.4 Å². The van der Waals surface area contributed by atoms with Crippen molar-refractivity contribution in [3.05, 3.63) is 47.9 Å². The zero-order valence-corrected chi connectivity index (χ0v) is 14.5. The zero-order valence-electron chi connectivity index (χ0n) is 14.5. The smallest absolute Gasteiger partial charge is 0.433 e. The third kappa shape index (κ3) is 3.41. The number of nitrogens with one attached hydrogen (secondary N) is 1. The fourth-order valence-electron chi connectivity index (χ4n) is 2.89. The Labute approximate surface area is 158 Å². The van der Waals surface area contributed by atoms with E-state index in [1.165, 1.54) is 12.3 Å². The first-order chi connectivity index (χ1) is 13.5. The number of alkyl halides is 3. The summed E-state index contributed by atoms with van der Waals surface area (Å²) in [5.74, 6) is 0.554. The van der Waals surface area contributed by atoms with E-state index in [0.717, 1.165) is 25.3 Å². The maximum Gasteiger partial charge on any atom is 0.433 e. The normalized spacial score (nSPS) is 14.4. The van der Waals surface area contributed by atoms with Crippen molar-refractivity contribution in [1.82, 2.24) is 20.4 Å². The highest BCUT2D eigenvalue weighted by Crippen LogP contribution is 2.37. The van der Waals surface area contributed by atoms with E-state index in [9.17, 15) is 18.4 Å². The Morgan fingerprint density at radius 1 is 1.14 bits per heavy atom. The first-order valence-corrected chi connectivity index (χ1v) is 8.61. The van der Waals surface area contributed by atoms with Crippen LogP contribution in [-0.4, -0.2) is 26.5 Å². The summed E-state index contributed by atoms with van der Waals surface area (Å²) in [6.45, 7) is 0. The first kappa shape index (κ1) is 18.0. The second-order valence-corrected chi connectivity index (χ2v) is 6.46. The molecule has 142 valence electrons. The van der Waals surface area contributed by atoms with E-state index in [0.29, 0.717) is 28.1 Å². The highest BCUT2D eigenvalue weighted by Gasteiger charge is 2.32. The summed E-state index contributed by atoms with van der Waals surface area (Å²) in [4.78, 5) is 3.50. The van der Waals surface area contributed by atoms with E-state index in [2.05, 4.69) is 20.4 Å². The van der Waals surface area contributed by atoms with Crippen molar-refractivity contribution in [3.8, 4) is 34.2 Å². The van der Waals surface area contributed by atoms with Gasteiger partial charge < -0.3 is 4.74 Å². The maximum atomic E-state index is 12.7. The molecule has 1 aliphatic rings. The third-order valence-electron chi connectivity index (χ3n) is 4.63. The zero-order chi connectivity index (χ0) is 19.7. The fourth-order valence-corrected chi connectivity index (χ4v) is 2.89. The molecule has 1 N–H and O–H groups in total. The van der Waals surface area contributed by atoms with Crippen molar-refractivity contribution in [2.75, 3.05) is 0 Å². The molecule has 1 aliphatic carbocycles. The van der Waals surface area contributed by atoms with Crippen LogP contribution in [0.15, 0.2) is 36.5 Å². The molecule has 0 spiro atoms. The number of rotatable bonds is 4. The van der Waals surface area contributed by atoms with Crippen LogP contribution in [-0.2, 0) is 6.18 Å². The molecule has 0 aliphatic heterocycles. The van der Waals surface area contributed by atoms with Crippen LogP contribution in [0.4, 0.5) is 13.2 Å². The standard InChI is InChI=1S/C19H14F3N5O/c20-19(21,22)17-7-5-12(10-24-17)11-4-6-16(28-13-2-1-3-13)14(8-11)18-15(9-23)25-27-26-18/h4-8,10,13H,1-3H2,(H,25,26,27). The van der Waals surface area contributed by atoms with Crippen LogP contribution in [0.3, 0.4) is 0 Å². The lowest BCUT2D eigenvalue weighted by molar-refractivity contribution is -0.141. The Morgan fingerprint density at radius 3 is 2.54 bits per heavy atom. The quantitative estimate of drug-likeness (QED) is 0.721. The molecule has 4 rings (SSSR count). The van der Waals surface area contributed by atoms with Crippen molar-refractivity contribution in [3.63, 3.8) is 0 Å². The molecule has 2 aromatic heterocycles. The van der Waals surface area contributed by atoms with Crippen LogP contribution in [0.2, 0.25) is 0 Å². The average molecular weight is 385 g/mol. The Kier molecular flexibility index (Phi) is 4.47. The van der Waals surface area contributed by atoms with Gasteiger partial charge in [0.2, 0.25) is 0 Å². The highest BCUT2D eigenvalue weighted by atomic mass is 19.4. The molecule has 28 heavy (non-hydrogen) atoms. The van der Waals surface area contributed by atoms with Crippen molar-refractivity contribution >= 4 is 0 Å². The average Bonchev–Trinajstić information content (AvgIpc) is 3.13. The van der Waals surface area contributed by atoms with Gasteiger partial charge in [0.05, 0.1) is 6.10 Å². The largest absolute Gasteiger partial charge is 0.490 e. The molecule has 6 nitrogen and oxygen atoms in total. The number of aromatic amines is 1. The molecule has 0 amide bonds. The summed E-state index contributed by atoms with van der Waals surface area (Å²) < 4.78 is 44.2. The molecular formula is C19H14F3N5O. The van der Waals surface area contributed by atoms with Crippen LogP contribution < -0.4 is 4.74 Å². The molecule has 0 bridgehead atoms. The summed E-state index contributed by atoms with van der Waals surface area (Å²) in [6, 6.07) is 9.48. The number of nitrogens with zero attached hydrogens (tertiary/aromatic N) is 4. The van der Waals surface area contributed by atoms with Crippen LogP contribution in [0, 0.1) is 11.3 Å². The minimum Gasteiger partial charge on any atom is -0.490 e. The summed E-state index contributed by atoms with van der Waals surface area (Å²) in [5.41, 5.74) is 1.24. The van der Waals surface area contributed by atoms with E-state index in [1.807, 2.05) is 6.07 Å². The van der Waals surface area contributed by atoms with E-state index < -0.39 is 11.9 Å². The summed E-state index contributed by atoms with van der Waals surface area (Å²) >= 11 is 0. The van der Waals surface area contributed by atoms with E-state index in [1.54, 1.807) is 18.2 Å². The molecule has 3 aromatic rings. The number of halogens is 3. The molecule has 0 saturated heterocycles. The Morgan fingerprint density at radius 2 is 1.93 bits per heavy atom. The van der Waals surface area contributed by atoms with Gasteiger partial charge in [-0.15, -0.1) is 5.10 Å². The van der Waals surface area contributed by atoms with Gasteiger partial charge in [0.1, 0.15) is 23.2 Å². The number of nitriles is 1. The molecule has 1 fully saturated rings. The monoisotopic (exact) mass is 385 g/mol. The number of ether oxygens (including phenoxy) is 1. The SMILES string of the molecule is N#Cc1[nH]nnc1-c1cc(-c2ccc(C(F)(F)F)nc2)ccc1OC1CCC1. The van der Waals surface area contributed by atoms with E-state index in [4.69, 9.17) is 4.74 Å². The Hall–Kier alpha value is -3.41. The summed E-state index contributed by atoms with van der Waals surface area (Å²) in [7, 11) is 0. The summed E-state index contributed by atoms with van der Waals surface area (Å²) in [6.07, 6.45) is -0.214. The van der Waals surface area contributed by atoms with Crippen LogP contribution in [0.1, 0.15) is 30.7 Å². The molecule has 1 aromatic carbocycles. The molecular weight excluding hydrogens is 371 g/mol. The van der Waals surface area contributed by atoms with Gasteiger partial charge in [-0.3, -0.25) is 4.98 Å².